The highest BCUT2D eigenvalue weighted by atomic mass is 35.5. The Morgan fingerprint density at radius 2 is 2.00 bits per heavy atom. The average Bonchev–Trinajstić information content (AvgIpc) is 2.92. The summed E-state index contributed by atoms with van der Waals surface area (Å²) >= 11 is 6.14. The summed E-state index contributed by atoms with van der Waals surface area (Å²) in [4.78, 5) is 4.48. The van der Waals surface area contributed by atoms with E-state index in [0.29, 0.717) is 27.9 Å². The quantitative estimate of drug-likeness (QED) is 0.660. The second kappa shape index (κ2) is 5.41. The summed E-state index contributed by atoms with van der Waals surface area (Å²) in [7, 11) is 1.67. The first kappa shape index (κ1) is 14.0. The lowest BCUT2D eigenvalue weighted by molar-refractivity contribution is 0.407. The molecule has 108 valence electrons. The maximum Gasteiger partial charge on any atom is 0.227 e. The molecule has 1 heterocycles. The van der Waals surface area contributed by atoms with E-state index in [1.165, 1.54) is 0 Å². The fourth-order valence-corrected chi connectivity index (χ4v) is 2.57. The first-order chi connectivity index (χ1) is 10.1. The van der Waals surface area contributed by atoms with Gasteiger partial charge in [-0.1, -0.05) is 37.6 Å². The van der Waals surface area contributed by atoms with E-state index in [1.807, 2.05) is 24.3 Å². The summed E-state index contributed by atoms with van der Waals surface area (Å²) in [6.45, 7) is 4.27. The molecule has 0 atom stereocenters. The largest absolute Gasteiger partial charge is 0.496 e. The summed E-state index contributed by atoms with van der Waals surface area (Å²) < 4.78 is 11.3. The van der Waals surface area contributed by atoms with E-state index in [4.69, 9.17) is 20.8 Å². The van der Waals surface area contributed by atoms with Gasteiger partial charge in [0.1, 0.15) is 11.3 Å². The first-order valence-electron chi connectivity index (χ1n) is 6.83. The monoisotopic (exact) mass is 301 g/mol. The Morgan fingerprint density at radius 3 is 2.67 bits per heavy atom. The Hall–Kier alpha value is -2.00. The Morgan fingerprint density at radius 1 is 1.19 bits per heavy atom. The fraction of sp³-hybridized carbons (Fsp3) is 0.235. The minimum Gasteiger partial charge on any atom is -0.496 e. The van der Waals surface area contributed by atoms with Crippen LogP contribution in [-0.2, 0) is 0 Å². The standard InChI is InChI=1S/C17H16ClNO2/c1-10(2)12-8-7-11(9-15(12)20-3)17-19-16-13(18)5-4-6-14(16)21-17/h4-10H,1-3H3. The third-order valence-corrected chi connectivity index (χ3v) is 3.78. The van der Waals surface area contributed by atoms with Crippen LogP contribution in [0.5, 0.6) is 5.75 Å². The molecule has 0 unspecified atom stereocenters. The number of nitrogens with zero attached hydrogens (tertiary/aromatic N) is 1. The molecule has 4 heteroatoms. The molecule has 0 aliphatic rings. The normalized spacial score (nSPS) is 11.3. The molecule has 0 spiro atoms. The number of hydrogen-bond donors (Lipinski definition) is 0. The zero-order valence-electron chi connectivity index (χ0n) is 12.2. The van der Waals surface area contributed by atoms with Gasteiger partial charge >= 0.3 is 0 Å². The van der Waals surface area contributed by atoms with Crippen LogP contribution in [0.1, 0.15) is 25.3 Å². The van der Waals surface area contributed by atoms with Crippen molar-refractivity contribution >= 4 is 22.7 Å². The second-order valence-corrected chi connectivity index (χ2v) is 5.62. The molecule has 0 saturated carbocycles. The molecule has 0 aliphatic heterocycles. The van der Waals surface area contributed by atoms with Crippen LogP contribution in [0.15, 0.2) is 40.8 Å². The predicted octanol–water partition coefficient (Wildman–Crippen LogP) is 5.28. The number of aromatic nitrogens is 1. The number of halogens is 1. The number of ether oxygens (including phenoxy) is 1. The molecule has 1 aromatic heterocycles. The van der Waals surface area contributed by atoms with Gasteiger partial charge in [0, 0.05) is 5.56 Å². The van der Waals surface area contributed by atoms with E-state index in [2.05, 4.69) is 24.9 Å². The summed E-state index contributed by atoms with van der Waals surface area (Å²) in [5, 5.41) is 0.591. The van der Waals surface area contributed by atoms with Crippen molar-refractivity contribution in [2.75, 3.05) is 7.11 Å². The minimum atomic E-state index is 0.395. The van der Waals surface area contributed by atoms with Crippen molar-refractivity contribution < 1.29 is 9.15 Å². The van der Waals surface area contributed by atoms with Crippen molar-refractivity contribution in [2.45, 2.75) is 19.8 Å². The second-order valence-electron chi connectivity index (χ2n) is 5.22. The van der Waals surface area contributed by atoms with Crippen LogP contribution in [0.4, 0.5) is 0 Å². The van der Waals surface area contributed by atoms with Gasteiger partial charge < -0.3 is 9.15 Å². The number of rotatable bonds is 3. The molecule has 3 rings (SSSR count). The lowest BCUT2D eigenvalue weighted by Gasteiger charge is -2.12. The minimum absolute atomic E-state index is 0.395. The van der Waals surface area contributed by atoms with Gasteiger partial charge in [-0.15, -0.1) is 0 Å². The smallest absolute Gasteiger partial charge is 0.227 e. The highest BCUT2D eigenvalue weighted by Gasteiger charge is 2.14. The molecule has 0 bridgehead atoms. The zero-order chi connectivity index (χ0) is 15.0. The lowest BCUT2D eigenvalue weighted by Crippen LogP contribution is -1.94. The van der Waals surface area contributed by atoms with E-state index < -0.39 is 0 Å². The summed E-state index contributed by atoms with van der Waals surface area (Å²) in [6, 6.07) is 11.5. The van der Waals surface area contributed by atoms with Gasteiger partial charge in [-0.2, -0.15) is 0 Å². The van der Waals surface area contributed by atoms with Crippen LogP contribution >= 0.6 is 11.6 Å². The summed E-state index contributed by atoms with van der Waals surface area (Å²) in [6.07, 6.45) is 0. The number of methoxy groups -OCH3 is 1. The van der Waals surface area contributed by atoms with Gasteiger partial charge in [0.25, 0.3) is 0 Å². The molecule has 3 nitrogen and oxygen atoms in total. The average molecular weight is 302 g/mol. The highest BCUT2D eigenvalue weighted by molar-refractivity contribution is 6.34. The van der Waals surface area contributed by atoms with E-state index in [9.17, 15) is 0 Å². The molecular formula is C17H16ClNO2. The van der Waals surface area contributed by atoms with E-state index in [1.54, 1.807) is 13.2 Å². The van der Waals surface area contributed by atoms with Crippen LogP contribution in [0.2, 0.25) is 5.02 Å². The van der Waals surface area contributed by atoms with E-state index >= 15 is 0 Å². The van der Waals surface area contributed by atoms with Crippen LogP contribution in [0, 0.1) is 0 Å². The van der Waals surface area contributed by atoms with Crippen molar-refractivity contribution in [3.63, 3.8) is 0 Å². The van der Waals surface area contributed by atoms with E-state index in [0.717, 1.165) is 16.9 Å². The van der Waals surface area contributed by atoms with Gasteiger partial charge in [-0.05, 0) is 35.7 Å². The fourth-order valence-electron chi connectivity index (χ4n) is 2.36. The maximum atomic E-state index is 6.14. The third-order valence-electron chi connectivity index (χ3n) is 3.47. The third kappa shape index (κ3) is 2.49. The first-order valence-corrected chi connectivity index (χ1v) is 7.21. The van der Waals surface area contributed by atoms with Gasteiger partial charge in [0.15, 0.2) is 5.58 Å². The molecule has 0 N–H and O–H groups in total. The lowest BCUT2D eigenvalue weighted by atomic mass is 10.0. The molecule has 0 radical (unpaired) electrons. The molecule has 0 aliphatic carbocycles. The predicted molar refractivity (Wildman–Crippen MR) is 85.1 cm³/mol. The number of benzene rings is 2. The Balaban J connectivity index is 2.12. The van der Waals surface area contributed by atoms with Crippen LogP contribution in [-0.4, -0.2) is 12.1 Å². The summed E-state index contributed by atoms with van der Waals surface area (Å²) in [5.74, 6) is 1.79. The Bertz CT molecular complexity index is 793. The van der Waals surface area contributed by atoms with Crippen molar-refractivity contribution in [3.8, 4) is 17.2 Å². The van der Waals surface area contributed by atoms with Crippen LogP contribution in [0.25, 0.3) is 22.6 Å². The van der Waals surface area contributed by atoms with Gasteiger partial charge in [-0.3, -0.25) is 0 Å². The van der Waals surface area contributed by atoms with Crippen LogP contribution in [0.3, 0.4) is 0 Å². The maximum absolute atomic E-state index is 6.14. The van der Waals surface area contributed by atoms with Gasteiger partial charge in [0.05, 0.1) is 12.1 Å². The van der Waals surface area contributed by atoms with Gasteiger partial charge in [-0.25, -0.2) is 4.98 Å². The van der Waals surface area contributed by atoms with Crippen molar-refractivity contribution in [3.05, 3.63) is 47.0 Å². The molecule has 0 amide bonds. The number of para-hydroxylation sites is 1. The molecule has 3 aromatic rings. The van der Waals surface area contributed by atoms with Gasteiger partial charge in [0.2, 0.25) is 5.89 Å². The summed E-state index contributed by atoms with van der Waals surface area (Å²) in [5.41, 5.74) is 3.41. The zero-order valence-corrected chi connectivity index (χ0v) is 12.9. The number of fused-ring (bicyclic) bond motifs is 1. The SMILES string of the molecule is COc1cc(-c2nc3c(Cl)cccc3o2)ccc1C(C)C. The van der Waals surface area contributed by atoms with Crippen molar-refractivity contribution in [2.24, 2.45) is 0 Å². The topological polar surface area (TPSA) is 35.3 Å². The molecular weight excluding hydrogens is 286 g/mol. The highest BCUT2D eigenvalue weighted by Crippen LogP contribution is 2.33. The number of hydrogen-bond acceptors (Lipinski definition) is 3. The van der Waals surface area contributed by atoms with Crippen molar-refractivity contribution in [1.82, 2.24) is 4.98 Å². The molecule has 2 aromatic carbocycles. The molecule has 21 heavy (non-hydrogen) atoms. The van der Waals surface area contributed by atoms with Crippen molar-refractivity contribution in [1.29, 1.82) is 0 Å². The molecule has 0 fully saturated rings. The van der Waals surface area contributed by atoms with E-state index in [-0.39, 0.29) is 0 Å². The number of oxazole rings is 1. The Labute approximate surface area is 128 Å². The van der Waals surface area contributed by atoms with Crippen LogP contribution < -0.4 is 4.74 Å². The molecule has 0 saturated heterocycles. The Kier molecular flexibility index (Phi) is 3.60.